The van der Waals surface area contributed by atoms with Crippen molar-refractivity contribution in [3.8, 4) is 5.75 Å². The number of carbonyl (C=O) groups excluding carboxylic acids is 3. The normalized spacial score (nSPS) is 32.4. The summed E-state index contributed by atoms with van der Waals surface area (Å²) < 4.78 is 11.4. The fourth-order valence-electron chi connectivity index (χ4n) is 5.63. The lowest BCUT2D eigenvalue weighted by molar-refractivity contribution is -0.136. The Morgan fingerprint density at radius 1 is 1.17 bits per heavy atom. The quantitative estimate of drug-likeness (QED) is 0.764. The van der Waals surface area contributed by atoms with Crippen LogP contribution in [-0.2, 0) is 9.53 Å². The molecular weight excluding hydrogens is 372 g/mol. The van der Waals surface area contributed by atoms with Crippen LogP contribution in [0.15, 0.2) is 24.3 Å². The number of rotatable bonds is 2. The fraction of sp³-hybridized carbons (Fsp3) is 0.591. The summed E-state index contributed by atoms with van der Waals surface area (Å²) in [5, 5.41) is 0. The van der Waals surface area contributed by atoms with E-state index in [1.165, 1.54) is 0 Å². The molecule has 2 aliphatic carbocycles. The summed E-state index contributed by atoms with van der Waals surface area (Å²) in [6, 6.07) is 7.41. The van der Waals surface area contributed by atoms with Crippen molar-refractivity contribution in [1.29, 1.82) is 0 Å². The minimum atomic E-state index is -0.525. The Labute approximate surface area is 169 Å². The number of ketones is 1. The Bertz CT molecular complexity index is 863. The third-order valence-corrected chi connectivity index (χ3v) is 7.04. The Hall–Kier alpha value is -2.57. The molecule has 7 heteroatoms. The molecule has 0 radical (unpaired) electrons. The van der Waals surface area contributed by atoms with Crippen molar-refractivity contribution in [3.05, 3.63) is 29.8 Å². The second-order valence-corrected chi connectivity index (χ2v) is 8.53. The van der Waals surface area contributed by atoms with Gasteiger partial charge in [0.1, 0.15) is 11.4 Å². The summed E-state index contributed by atoms with van der Waals surface area (Å²) >= 11 is 0. The lowest BCUT2D eigenvalue weighted by Gasteiger charge is -2.38. The van der Waals surface area contributed by atoms with Crippen molar-refractivity contribution in [1.82, 2.24) is 9.80 Å². The summed E-state index contributed by atoms with van der Waals surface area (Å²) in [6.07, 6.45) is 1.82. The zero-order valence-electron chi connectivity index (χ0n) is 16.6. The first-order valence-electron chi connectivity index (χ1n) is 10.6. The largest absolute Gasteiger partial charge is 0.486 e. The molecule has 3 fully saturated rings. The number of piperazine rings is 1. The van der Waals surface area contributed by atoms with Crippen LogP contribution in [0.3, 0.4) is 0 Å². The zero-order chi connectivity index (χ0) is 20.2. The van der Waals surface area contributed by atoms with E-state index in [1.54, 1.807) is 11.8 Å². The maximum atomic E-state index is 13.2. The lowest BCUT2D eigenvalue weighted by Crippen LogP contribution is -2.52. The molecule has 2 saturated carbocycles. The summed E-state index contributed by atoms with van der Waals surface area (Å²) in [4.78, 5) is 41.3. The summed E-state index contributed by atoms with van der Waals surface area (Å²) in [6.45, 7) is 4.20. The fourth-order valence-corrected chi connectivity index (χ4v) is 5.63. The van der Waals surface area contributed by atoms with E-state index in [1.807, 2.05) is 29.2 Å². The first-order chi connectivity index (χ1) is 14.0. The van der Waals surface area contributed by atoms with Crippen LogP contribution in [0.5, 0.6) is 5.75 Å². The van der Waals surface area contributed by atoms with Gasteiger partial charge in [-0.15, -0.1) is 0 Å². The van der Waals surface area contributed by atoms with Gasteiger partial charge in [0, 0.05) is 38.0 Å². The van der Waals surface area contributed by atoms with Crippen LogP contribution in [0.4, 0.5) is 4.79 Å². The lowest BCUT2D eigenvalue weighted by atomic mass is 9.84. The van der Waals surface area contributed by atoms with Crippen LogP contribution in [-0.4, -0.2) is 66.0 Å². The van der Waals surface area contributed by atoms with Crippen molar-refractivity contribution in [2.24, 2.45) is 17.8 Å². The number of fused-ring (bicyclic) bond motifs is 3. The van der Waals surface area contributed by atoms with Gasteiger partial charge in [-0.1, -0.05) is 12.1 Å². The van der Waals surface area contributed by atoms with Crippen molar-refractivity contribution in [3.63, 3.8) is 0 Å². The SMILES string of the molecule is CCOC(=O)N1CCN(C(=O)[C@@H]2[C@@H]3CC[C@@]4(CC(=O)c5ccccc5O4)[C@@H]32)CC1. The molecule has 1 spiro atoms. The van der Waals surface area contributed by atoms with Crippen molar-refractivity contribution in [2.75, 3.05) is 32.8 Å². The van der Waals surface area contributed by atoms with Crippen LogP contribution in [0.1, 0.15) is 36.5 Å². The van der Waals surface area contributed by atoms with E-state index in [0.29, 0.717) is 56.4 Å². The average Bonchev–Trinajstić information content (AvgIpc) is 3.38. The molecule has 0 N–H and O–H groups in total. The molecule has 2 heterocycles. The van der Waals surface area contributed by atoms with Crippen LogP contribution >= 0.6 is 0 Å². The highest BCUT2D eigenvalue weighted by atomic mass is 16.6. The molecule has 2 aliphatic heterocycles. The molecule has 0 aromatic heterocycles. The number of Topliss-reactive ketones (excluding diaryl/α,β-unsaturated/α-hetero) is 1. The van der Waals surface area contributed by atoms with Gasteiger partial charge in [-0.3, -0.25) is 9.59 Å². The second kappa shape index (κ2) is 6.75. The number of hydrogen-bond donors (Lipinski definition) is 0. The van der Waals surface area contributed by atoms with E-state index in [-0.39, 0.29) is 29.6 Å². The predicted molar refractivity (Wildman–Crippen MR) is 104 cm³/mol. The highest BCUT2D eigenvalue weighted by molar-refractivity contribution is 6.00. The van der Waals surface area contributed by atoms with E-state index >= 15 is 0 Å². The zero-order valence-corrected chi connectivity index (χ0v) is 16.6. The van der Waals surface area contributed by atoms with Gasteiger partial charge in [0.25, 0.3) is 0 Å². The van der Waals surface area contributed by atoms with E-state index < -0.39 is 5.60 Å². The van der Waals surface area contributed by atoms with E-state index in [9.17, 15) is 14.4 Å². The van der Waals surface area contributed by atoms with E-state index in [2.05, 4.69) is 0 Å². The van der Waals surface area contributed by atoms with E-state index in [0.717, 1.165) is 12.8 Å². The minimum Gasteiger partial charge on any atom is -0.486 e. The van der Waals surface area contributed by atoms with Gasteiger partial charge in [0.15, 0.2) is 5.78 Å². The summed E-state index contributed by atoms with van der Waals surface area (Å²) in [7, 11) is 0. The van der Waals surface area contributed by atoms with Gasteiger partial charge in [0.2, 0.25) is 5.91 Å². The van der Waals surface area contributed by atoms with Gasteiger partial charge in [-0.2, -0.15) is 0 Å². The highest BCUT2D eigenvalue weighted by Gasteiger charge is 2.71. The average molecular weight is 398 g/mol. The van der Waals surface area contributed by atoms with Gasteiger partial charge in [0.05, 0.1) is 18.6 Å². The van der Waals surface area contributed by atoms with Crippen molar-refractivity contribution >= 4 is 17.8 Å². The standard InChI is InChI=1S/C22H26N2O5/c1-2-28-21(27)24-11-9-23(10-12-24)20(26)18-15-7-8-22(19(15)18)13-16(25)14-5-3-4-6-17(14)29-22/h3-6,15,18-19H,2,7-13H2,1H3/t15-,18+,19-,22+/m0/s1. The Morgan fingerprint density at radius 3 is 2.66 bits per heavy atom. The Morgan fingerprint density at radius 2 is 1.90 bits per heavy atom. The summed E-state index contributed by atoms with van der Waals surface area (Å²) in [5.74, 6) is 1.30. The molecule has 1 saturated heterocycles. The molecule has 5 rings (SSSR count). The van der Waals surface area contributed by atoms with Crippen molar-refractivity contribution in [2.45, 2.75) is 31.8 Å². The van der Waals surface area contributed by atoms with Gasteiger partial charge in [-0.25, -0.2) is 4.79 Å². The molecule has 0 bridgehead atoms. The van der Waals surface area contributed by atoms with Crippen LogP contribution < -0.4 is 4.74 Å². The van der Waals surface area contributed by atoms with E-state index in [4.69, 9.17) is 9.47 Å². The number of nitrogens with zero attached hydrogens (tertiary/aromatic N) is 2. The third-order valence-electron chi connectivity index (χ3n) is 7.04. The molecule has 1 aromatic carbocycles. The maximum Gasteiger partial charge on any atom is 0.409 e. The second-order valence-electron chi connectivity index (χ2n) is 8.53. The number of benzene rings is 1. The molecule has 0 unspecified atom stereocenters. The van der Waals surface area contributed by atoms with Crippen molar-refractivity contribution < 1.29 is 23.9 Å². The van der Waals surface area contributed by atoms with Gasteiger partial charge < -0.3 is 19.3 Å². The van der Waals surface area contributed by atoms with Gasteiger partial charge >= 0.3 is 6.09 Å². The molecule has 1 aromatic rings. The number of amides is 2. The molecule has 154 valence electrons. The molecule has 2 amide bonds. The highest BCUT2D eigenvalue weighted by Crippen LogP contribution is 2.66. The molecular formula is C22H26N2O5. The third kappa shape index (κ3) is 2.90. The molecule has 7 nitrogen and oxygen atoms in total. The first kappa shape index (κ1) is 18.5. The molecule has 4 aliphatic rings. The van der Waals surface area contributed by atoms with Crippen LogP contribution in [0.25, 0.3) is 0 Å². The van der Waals surface area contributed by atoms with Gasteiger partial charge in [-0.05, 0) is 37.8 Å². The Kier molecular flexibility index (Phi) is 4.29. The smallest absolute Gasteiger partial charge is 0.409 e. The molecule has 29 heavy (non-hydrogen) atoms. The maximum absolute atomic E-state index is 13.2. The minimum absolute atomic E-state index is 0.0593. The summed E-state index contributed by atoms with van der Waals surface area (Å²) in [5.41, 5.74) is 0.128. The number of carbonyl (C=O) groups is 3. The molecule has 4 atom stereocenters. The topological polar surface area (TPSA) is 76.2 Å². The predicted octanol–water partition coefficient (Wildman–Crippen LogP) is 2.35. The first-order valence-corrected chi connectivity index (χ1v) is 10.6. The number of para-hydroxylation sites is 1. The number of hydrogen-bond acceptors (Lipinski definition) is 5. The monoisotopic (exact) mass is 398 g/mol. The van der Waals surface area contributed by atoms with Crippen LogP contribution in [0, 0.1) is 17.8 Å². The number of ether oxygens (including phenoxy) is 2. The van der Waals surface area contributed by atoms with Crippen LogP contribution in [0.2, 0.25) is 0 Å². The Balaban J connectivity index is 1.26.